The number of imidazole rings is 1. The molecule has 5 heterocycles. The van der Waals surface area contributed by atoms with E-state index in [2.05, 4.69) is 40.5 Å². The number of aliphatic hydroxyl groups is 2. The molecule has 188 valence electrons. The van der Waals surface area contributed by atoms with Crippen LogP contribution in [-0.4, -0.2) is 82.5 Å². The summed E-state index contributed by atoms with van der Waals surface area (Å²) in [4.78, 5) is 36.2. The van der Waals surface area contributed by atoms with Crippen molar-refractivity contribution in [2.45, 2.75) is 31.3 Å². The zero-order valence-electron chi connectivity index (χ0n) is 19.2. The quantitative estimate of drug-likeness (QED) is 0.134. The molecule has 5 rings (SSSR count). The largest absolute Gasteiger partial charge is 0.396 e. The van der Waals surface area contributed by atoms with E-state index in [1.807, 2.05) is 0 Å². The summed E-state index contributed by atoms with van der Waals surface area (Å²) in [5.41, 5.74) is 8.54. The standard InChI is InChI=1S/C22H26N10O4/c23-19-17-12(8-32(22(17)31-10-27-19)16-7-13(34)14(36-16)3-6-33)1-2-15(35)24-4-5-25-20-18-21(28-9-26-18)30-11-29-20/h1-2,8-11,13-14,16,33-34H,3-7H2,(H,24,35)(H2,23,27,31)(H2,25,26,28,29,30)/b2-1+/t13-,14?,16-/m1/s1. The van der Waals surface area contributed by atoms with E-state index in [0.717, 1.165) is 0 Å². The van der Waals surface area contributed by atoms with Crippen molar-refractivity contribution in [3.63, 3.8) is 0 Å². The summed E-state index contributed by atoms with van der Waals surface area (Å²) in [5, 5.41) is 26.0. The predicted octanol–water partition coefficient (Wildman–Crippen LogP) is -0.0479. The van der Waals surface area contributed by atoms with Gasteiger partial charge < -0.3 is 40.9 Å². The van der Waals surface area contributed by atoms with Gasteiger partial charge in [-0.15, -0.1) is 0 Å². The van der Waals surface area contributed by atoms with Gasteiger partial charge in [0, 0.05) is 44.0 Å². The van der Waals surface area contributed by atoms with Gasteiger partial charge in [-0.25, -0.2) is 24.9 Å². The van der Waals surface area contributed by atoms with Crippen molar-refractivity contribution in [3.8, 4) is 0 Å². The van der Waals surface area contributed by atoms with E-state index in [4.69, 9.17) is 10.5 Å². The number of nitrogen functional groups attached to an aromatic ring is 1. The molecule has 14 heteroatoms. The minimum Gasteiger partial charge on any atom is -0.396 e. The van der Waals surface area contributed by atoms with E-state index in [9.17, 15) is 15.0 Å². The Kier molecular flexibility index (Phi) is 6.71. The second-order valence-electron chi connectivity index (χ2n) is 8.27. The van der Waals surface area contributed by atoms with Crippen molar-refractivity contribution in [1.29, 1.82) is 0 Å². The summed E-state index contributed by atoms with van der Waals surface area (Å²) in [6.45, 7) is 0.710. The molecule has 1 aliphatic rings. The predicted molar refractivity (Wildman–Crippen MR) is 130 cm³/mol. The number of carbonyl (C=O) groups is 1. The zero-order chi connectivity index (χ0) is 25.1. The molecule has 36 heavy (non-hydrogen) atoms. The van der Waals surface area contributed by atoms with Gasteiger partial charge >= 0.3 is 0 Å². The summed E-state index contributed by atoms with van der Waals surface area (Å²) in [6.07, 6.45) is 8.14. The van der Waals surface area contributed by atoms with Crippen LogP contribution >= 0.6 is 0 Å². The van der Waals surface area contributed by atoms with Crippen LogP contribution in [-0.2, 0) is 9.53 Å². The second kappa shape index (κ2) is 10.2. The number of H-pyrrole nitrogens is 1. The van der Waals surface area contributed by atoms with Gasteiger partial charge in [0.2, 0.25) is 5.91 Å². The minimum atomic E-state index is -0.705. The Hall–Kier alpha value is -4.14. The Morgan fingerprint density at radius 3 is 2.97 bits per heavy atom. The number of nitrogens with zero attached hydrogens (tertiary/aromatic N) is 6. The molecule has 1 unspecified atom stereocenters. The molecule has 3 atom stereocenters. The highest BCUT2D eigenvalue weighted by Gasteiger charge is 2.35. The van der Waals surface area contributed by atoms with Crippen molar-refractivity contribution in [1.82, 2.24) is 39.8 Å². The highest BCUT2D eigenvalue weighted by atomic mass is 16.5. The van der Waals surface area contributed by atoms with E-state index in [-0.39, 0.29) is 18.3 Å². The molecule has 0 radical (unpaired) electrons. The Morgan fingerprint density at radius 1 is 1.25 bits per heavy atom. The first-order valence-electron chi connectivity index (χ1n) is 11.4. The van der Waals surface area contributed by atoms with Crippen LogP contribution in [0.3, 0.4) is 0 Å². The smallest absolute Gasteiger partial charge is 0.244 e. The lowest BCUT2D eigenvalue weighted by atomic mass is 10.1. The lowest BCUT2D eigenvalue weighted by molar-refractivity contribution is -0.116. The van der Waals surface area contributed by atoms with Crippen LogP contribution in [0, 0.1) is 0 Å². The molecule has 4 aromatic rings. The maximum atomic E-state index is 12.4. The van der Waals surface area contributed by atoms with E-state index in [1.54, 1.807) is 23.2 Å². The summed E-state index contributed by atoms with van der Waals surface area (Å²) in [7, 11) is 0. The number of aromatic amines is 1. The van der Waals surface area contributed by atoms with Crippen LogP contribution in [0.4, 0.5) is 11.6 Å². The van der Waals surface area contributed by atoms with Gasteiger partial charge in [-0.05, 0) is 12.5 Å². The highest BCUT2D eigenvalue weighted by molar-refractivity contribution is 5.99. The first-order chi connectivity index (χ1) is 17.5. The Labute approximate surface area is 204 Å². The molecule has 7 N–H and O–H groups in total. The molecule has 0 saturated carbocycles. The fourth-order valence-corrected chi connectivity index (χ4v) is 4.24. The van der Waals surface area contributed by atoms with Crippen LogP contribution in [0.1, 0.15) is 24.6 Å². The SMILES string of the molecule is Nc1ncnc2c1c(/C=C/C(=O)NCCNc1ncnc3[nH]cnc13)cn2[C@H]1C[C@@H](O)C(CCO)O1. The molecule has 14 nitrogen and oxygen atoms in total. The van der Waals surface area contributed by atoms with Crippen molar-refractivity contribution < 1.29 is 19.7 Å². The highest BCUT2D eigenvalue weighted by Crippen LogP contribution is 2.35. The number of aromatic nitrogens is 7. The number of nitrogens with one attached hydrogen (secondary N) is 3. The van der Waals surface area contributed by atoms with Crippen LogP contribution in [0.5, 0.6) is 0 Å². The van der Waals surface area contributed by atoms with Crippen LogP contribution in [0.25, 0.3) is 28.3 Å². The molecule has 1 saturated heterocycles. The fraction of sp³-hybridized carbons (Fsp3) is 0.364. The maximum absolute atomic E-state index is 12.4. The lowest BCUT2D eigenvalue weighted by Crippen LogP contribution is -2.27. The Morgan fingerprint density at radius 2 is 2.11 bits per heavy atom. The summed E-state index contributed by atoms with van der Waals surface area (Å²) in [6, 6.07) is 0. The molecular formula is C22H26N10O4. The normalized spacial score (nSPS) is 20.0. The van der Waals surface area contributed by atoms with E-state index in [0.29, 0.717) is 59.5 Å². The molecule has 1 amide bonds. The molecule has 1 aliphatic heterocycles. The molecular weight excluding hydrogens is 468 g/mol. The molecule has 0 aliphatic carbocycles. The number of anilines is 2. The monoisotopic (exact) mass is 494 g/mol. The third kappa shape index (κ3) is 4.68. The summed E-state index contributed by atoms with van der Waals surface area (Å²) < 4.78 is 7.71. The van der Waals surface area contributed by atoms with Gasteiger partial charge in [-0.2, -0.15) is 0 Å². The van der Waals surface area contributed by atoms with Crippen molar-refractivity contribution >= 4 is 45.8 Å². The zero-order valence-corrected chi connectivity index (χ0v) is 19.2. The molecule has 4 aromatic heterocycles. The number of ether oxygens (including phenoxy) is 1. The van der Waals surface area contributed by atoms with Gasteiger partial charge in [0.25, 0.3) is 0 Å². The van der Waals surface area contributed by atoms with Gasteiger partial charge in [-0.3, -0.25) is 4.79 Å². The number of rotatable bonds is 9. The maximum Gasteiger partial charge on any atom is 0.244 e. The van der Waals surface area contributed by atoms with Gasteiger partial charge in [0.1, 0.15) is 35.9 Å². The Balaban J connectivity index is 1.24. The van der Waals surface area contributed by atoms with Crippen LogP contribution in [0.15, 0.2) is 31.3 Å². The number of hydrogen-bond acceptors (Lipinski definition) is 11. The second-order valence-corrected chi connectivity index (χ2v) is 8.27. The number of aliphatic hydroxyl groups excluding tert-OH is 2. The van der Waals surface area contributed by atoms with Crippen LogP contribution < -0.4 is 16.4 Å². The number of nitrogens with two attached hydrogens (primary N) is 1. The third-order valence-corrected chi connectivity index (χ3v) is 5.94. The van der Waals surface area contributed by atoms with Gasteiger partial charge in [-0.1, -0.05) is 0 Å². The molecule has 0 spiro atoms. The van der Waals surface area contributed by atoms with Crippen LogP contribution in [0.2, 0.25) is 0 Å². The average Bonchev–Trinajstić information content (AvgIpc) is 3.59. The van der Waals surface area contributed by atoms with Crippen molar-refractivity contribution in [3.05, 3.63) is 36.8 Å². The van der Waals surface area contributed by atoms with Gasteiger partial charge in [0.15, 0.2) is 11.5 Å². The summed E-state index contributed by atoms with van der Waals surface area (Å²) >= 11 is 0. The molecule has 0 aromatic carbocycles. The fourth-order valence-electron chi connectivity index (χ4n) is 4.24. The van der Waals surface area contributed by atoms with E-state index in [1.165, 1.54) is 18.7 Å². The number of hydrogen-bond donors (Lipinski definition) is 6. The Bertz CT molecular complexity index is 1400. The van der Waals surface area contributed by atoms with E-state index >= 15 is 0 Å². The summed E-state index contributed by atoms with van der Waals surface area (Å²) in [5.74, 6) is 0.550. The molecule has 1 fully saturated rings. The average molecular weight is 495 g/mol. The molecule has 0 bridgehead atoms. The topological polar surface area (TPSA) is 202 Å². The van der Waals surface area contributed by atoms with Crippen molar-refractivity contribution in [2.24, 2.45) is 0 Å². The number of amides is 1. The number of carbonyl (C=O) groups excluding carboxylic acids is 1. The number of fused-ring (bicyclic) bond motifs is 2. The van der Waals surface area contributed by atoms with Gasteiger partial charge in [0.05, 0.1) is 23.9 Å². The lowest BCUT2D eigenvalue weighted by Gasteiger charge is -2.15. The first kappa shape index (κ1) is 23.6. The first-order valence-corrected chi connectivity index (χ1v) is 11.4. The third-order valence-electron chi connectivity index (χ3n) is 5.94. The van der Waals surface area contributed by atoms with E-state index < -0.39 is 18.4 Å². The van der Waals surface area contributed by atoms with Crippen molar-refractivity contribution in [2.75, 3.05) is 30.7 Å². The minimum absolute atomic E-state index is 0.0823.